The quantitative estimate of drug-likeness (QED) is 0.338. The molecule has 5 rings (SSSR count). The number of carbonyl (C=O) groups excluding carboxylic acids is 2. The molecule has 0 atom stereocenters. The number of para-hydroxylation sites is 2. The number of pyridine rings is 1. The summed E-state index contributed by atoms with van der Waals surface area (Å²) in [5.74, 6) is 0.0148. The molecule has 4 aromatic rings. The number of rotatable bonds is 8. The molecule has 0 bridgehead atoms. The SMILES string of the molecule is O=C(CSc1cc(C(=O)NC2CC2)c2ccccc2n1)Nc1ccccc1Cc1ccccc1. The number of nitrogens with zero attached hydrogens (tertiary/aromatic N) is 1. The van der Waals surface area contributed by atoms with Crippen LogP contribution < -0.4 is 10.6 Å². The van der Waals surface area contributed by atoms with E-state index in [1.807, 2.05) is 66.7 Å². The molecule has 0 aliphatic heterocycles. The zero-order chi connectivity index (χ0) is 23.3. The summed E-state index contributed by atoms with van der Waals surface area (Å²) < 4.78 is 0. The van der Waals surface area contributed by atoms with Crippen LogP contribution in [-0.2, 0) is 11.2 Å². The maximum Gasteiger partial charge on any atom is 0.252 e. The highest BCUT2D eigenvalue weighted by molar-refractivity contribution is 7.99. The van der Waals surface area contributed by atoms with Crippen molar-refractivity contribution < 1.29 is 9.59 Å². The predicted octanol–water partition coefficient (Wildman–Crippen LogP) is 5.45. The van der Waals surface area contributed by atoms with Gasteiger partial charge in [0, 0.05) is 17.1 Å². The van der Waals surface area contributed by atoms with Crippen LogP contribution in [0.25, 0.3) is 10.9 Å². The molecule has 1 aliphatic carbocycles. The molecule has 0 unspecified atom stereocenters. The number of benzene rings is 3. The molecule has 170 valence electrons. The van der Waals surface area contributed by atoms with E-state index in [1.54, 1.807) is 6.07 Å². The fourth-order valence-electron chi connectivity index (χ4n) is 3.84. The van der Waals surface area contributed by atoms with Crippen molar-refractivity contribution >= 4 is 40.2 Å². The van der Waals surface area contributed by atoms with Crippen LogP contribution >= 0.6 is 11.8 Å². The summed E-state index contributed by atoms with van der Waals surface area (Å²) in [6.07, 6.45) is 2.81. The van der Waals surface area contributed by atoms with Gasteiger partial charge in [-0.25, -0.2) is 4.98 Å². The first-order chi connectivity index (χ1) is 16.7. The first kappa shape index (κ1) is 22.2. The van der Waals surface area contributed by atoms with Gasteiger partial charge in [-0.15, -0.1) is 0 Å². The van der Waals surface area contributed by atoms with Crippen molar-refractivity contribution in [2.24, 2.45) is 0 Å². The fraction of sp³-hybridized carbons (Fsp3) is 0.179. The number of thioether (sulfide) groups is 1. The van der Waals surface area contributed by atoms with Crippen molar-refractivity contribution in [1.29, 1.82) is 0 Å². The molecule has 3 aromatic carbocycles. The average molecular weight is 468 g/mol. The Balaban J connectivity index is 1.29. The summed E-state index contributed by atoms with van der Waals surface area (Å²) in [4.78, 5) is 30.3. The highest BCUT2D eigenvalue weighted by Gasteiger charge is 2.25. The second-order valence-electron chi connectivity index (χ2n) is 8.43. The molecular formula is C28H25N3O2S. The van der Waals surface area contributed by atoms with Crippen molar-refractivity contribution in [1.82, 2.24) is 10.3 Å². The highest BCUT2D eigenvalue weighted by Crippen LogP contribution is 2.26. The third kappa shape index (κ3) is 5.46. The van der Waals surface area contributed by atoms with Gasteiger partial charge in [-0.05, 0) is 48.6 Å². The number of nitrogens with one attached hydrogen (secondary N) is 2. The summed E-state index contributed by atoms with van der Waals surface area (Å²) in [6, 6.07) is 27.7. The zero-order valence-corrected chi connectivity index (χ0v) is 19.5. The summed E-state index contributed by atoms with van der Waals surface area (Å²) in [5.41, 5.74) is 4.43. The van der Waals surface area contributed by atoms with E-state index >= 15 is 0 Å². The summed E-state index contributed by atoms with van der Waals surface area (Å²) in [7, 11) is 0. The number of anilines is 1. The third-order valence-electron chi connectivity index (χ3n) is 5.73. The van der Waals surface area contributed by atoms with Crippen LogP contribution in [0.4, 0.5) is 5.69 Å². The van der Waals surface area contributed by atoms with Gasteiger partial charge in [0.15, 0.2) is 0 Å². The predicted molar refractivity (Wildman–Crippen MR) is 137 cm³/mol. The number of fused-ring (bicyclic) bond motifs is 1. The minimum atomic E-state index is -0.107. The minimum absolute atomic E-state index is 0.0813. The Kier molecular flexibility index (Phi) is 6.58. The van der Waals surface area contributed by atoms with Crippen molar-refractivity contribution in [3.63, 3.8) is 0 Å². The second kappa shape index (κ2) is 10.1. The van der Waals surface area contributed by atoms with Gasteiger partial charge in [0.1, 0.15) is 0 Å². The van der Waals surface area contributed by atoms with E-state index in [0.717, 1.165) is 41.4 Å². The summed E-state index contributed by atoms with van der Waals surface area (Å²) in [6.45, 7) is 0. The van der Waals surface area contributed by atoms with E-state index in [-0.39, 0.29) is 23.6 Å². The Hall–Kier alpha value is -3.64. The molecule has 2 N–H and O–H groups in total. The van der Waals surface area contributed by atoms with Crippen LogP contribution in [-0.4, -0.2) is 28.6 Å². The molecule has 1 saturated carbocycles. The zero-order valence-electron chi connectivity index (χ0n) is 18.7. The fourth-order valence-corrected chi connectivity index (χ4v) is 4.56. The van der Waals surface area contributed by atoms with Crippen molar-refractivity contribution in [3.8, 4) is 0 Å². The first-order valence-corrected chi connectivity index (χ1v) is 12.4. The Morgan fingerprint density at radius 1 is 0.912 bits per heavy atom. The maximum atomic E-state index is 12.8. The lowest BCUT2D eigenvalue weighted by atomic mass is 10.0. The molecule has 1 heterocycles. The lowest BCUT2D eigenvalue weighted by Gasteiger charge is -2.12. The van der Waals surface area contributed by atoms with E-state index in [1.165, 1.54) is 17.3 Å². The van der Waals surface area contributed by atoms with Crippen LogP contribution in [0.3, 0.4) is 0 Å². The molecule has 2 amide bonds. The van der Waals surface area contributed by atoms with Crippen LogP contribution in [0.1, 0.15) is 34.3 Å². The third-order valence-corrected chi connectivity index (χ3v) is 6.64. The topological polar surface area (TPSA) is 71.1 Å². The van der Waals surface area contributed by atoms with E-state index in [9.17, 15) is 9.59 Å². The van der Waals surface area contributed by atoms with Crippen LogP contribution in [0, 0.1) is 0 Å². The normalized spacial score (nSPS) is 12.9. The van der Waals surface area contributed by atoms with Crippen molar-refractivity contribution in [3.05, 3.63) is 102 Å². The molecule has 1 aromatic heterocycles. The van der Waals surface area contributed by atoms with Gasteiger partial charge in [0.2, 0.25) is 5.91 Å². The van der Waals surface area contributed by atoms with Gasteiger partial charge < -0.3 is 10.6 Å². The average Bonchev–Trinajstić information content (AvgIpc) is 3.68. The number of hydrogen-bond donors (Lipinski definition) is 2. The van der Waals surface area contributed by atoms with Gasteiger partial charge in [0.05, 0.1) is 21.9 Å². The van der Waals surface area contributed by atoms with E-state index < -0.39 is 0 Å². The van der Waals surface area contributed by atoms with Gasteiger partial charge in [-0.3, -0.25) is 9.59 Å². The number of aromatic nitrogens is 1. The van der Waals surface area contributed by atoms with E-state index in [2.05, 4.69) is 27.8 Å². The van der Waals surface area contributed by atoms with Gasteiger partial charge >= 0.3 is 0 Å². The Bertz CT molecular complexity index is 1340. The Morgan fingerprint density at radius 3 is 2.47 bits per heavy atom. The van der Waals surface area contributed by atoms with Crippen molar-refractivity contribution in [2.45, 2.75) is 30.3 Å². The number of carbonyl (C=O) groups is 2. The Labute approximate surface area is 203 Å². The number of amides is 2. The minimum Gasteiger partial charge on any atom is -0.349 e. The van der Waals surface area contributed by atoms with E-state index in [0.29, 0.717) is 10.6 Å². The van der Waals surface area contributed by atoms with Crippen LogP contribution in [0.15, 0.2) is 90.0 Å². The highest BCUT2D eigenvalue weighted by atomic mass is 32.2. The molecule has 1 aliphatic rings. The van der Waals surface area contributed by atoms with Crippen molar-refractivity contribution in [2.75, 3.05) is 11.1 Å². The summed E-state index contributed by atoms with van der Waals surface area (Å²) in [5, 5.41) is 7.58. The molecule has 0 spiro atoms. The van der Waals surface area contributed by atoms with Gasteiger partial charge in [-0.1, -0.05) is 78.5 Å². The van der Waals surface area contributed by atoms with Crippen LogP contribution in [0.2, 0.25) is 0 Å². The summed E-state index contributed by atoms with van der Waals surface area (Å²) >= 11 is 1.34. The number of hydrogen-bond acceptors (Lipinski definition) is 4. The molecule has 5 nitrogen and oxygen atoms in total. The first-order valence-electron chi connectivity index (χ1n) is 11.4. The molecule has 0 radical (unpaired) electrons. The second-order valence-corrected chi connectivity index (χ2v) is 9.42. The maximum absolute atomic E-state index is 12.8. The lowest BCUT2D eigenvalue weighted by Crippen LogP contribution is -2.25. The lowest BCUT2D eigenvalue weighted by molar-refractivity contribution is -0.113. The van der Waals surface area contributed by atoms with E-state index in [4.69, 9.17) is 0 Å². The largest absolute Gasteiger partial charge is 0.349 e. The van der Waals surface area contributed by atoms with Crippen LogP contribution in [0.5, 0.6) is 0 Å². The van der Waals surface area contributed by atoms with Gasteiger partial charge in [-0.2, -0.15) is 0 Å². The molecule has 6 heteroatoms. The monoisotopic (exact) mass is 467 g/mol. The van der Waals surface area contributed by atoms with Gasteiger partial charge in [0.25, 0.3) is 5.91 Å². The Morgan fingerprint density at radius 2 is 1.65 bits per heavy atom. The molecule has 0 saturated heterocycles. The molecule has 1 fully saturated rings. The smallest absolute Gasteiger partial charge is 0.252 e. The standard InChI is InChI=1S/C28H25N3O2S/c32-26(30-24-12-6-4-10-20(24)16-19-8-2-1-3-9-19)18-34-27-17-23(28(33)29-21-14-15-21)22-11-5-7-13-25(22)31-27/h1-13,17,21H,14-16,18H2,(H,29,33)(H,30,32). The molecule has 34 heavy (non-hydrogen) atoms. The molecular weight excluding hydrogens is 442 g/mol.